The molecule has 0 amide bonds. The highest BCUT2D eigenvalue weighted by atomic mass is 32.2. The summed E-state index contributed by atoms with van der Waals surface area (Å²) in [5.41, 5.74) is 0.267. The van der Waals surface area contributed by atoms with Gasteiger partial charge in [0.2, 0.25) is 9.84 Å². The van der Waals surface area contributed by atoms with Gasteiger partial charge in [-0.15, -0.1) is 0 Å². The molecule has 3 rings (SSSR count). The van der Waals surface area contributed by atoms with Gasteiger partial charge in [-0.3, -0.25) is 14.8 Å². The number of carbonyl (C=O) groups is 1. The van der Waals surface area contributed by atoms with E-state index in [9.17, 15) is 23.4 Å². The molecule has 2 aliphatic heterocycles. The first kappa shape index (κ1) is 16.1. The first-order valence-corrected chi connectivity index (χ1v) is 8.37. The Morgan fingerprint density at radius 2 is 2.04 bits per heavy atom. The van der Waals surface area contributed by atoms with Crippen molar-refractivity contribution in [3.8, 4) is 11.5 Å². The highest BCUT2D eigenvalue weighted by Gasteiger charge is 2.30. The fourth-order valence-electron chi connectivity index (χ4n) is 2.64. The van der Waals surface area contributed by atoms with Crippen molar-refractivity contribution < 1.29 is 28.5 Å². The third-order valence-electron chi connectivity index (χ3n) is 3.82. The average molecular weight is 351 g/mol. The fourth-order valence-corrected chi connectivity index (χ4v) is 3.79. The third kappa shape index (κ3) is 2.27. The summed E-state index contributed by atoms with van der Waals surface area (Å²) in [7, 11) is -2.51. The van der Waals surface area contributed by atoms with Crippen molar-refractivity contribution >= 4 is 33.3 Å². The number of aliphatic carboxylic acids is 1. The smallest absolute Gasteiger partial charge is 0.321 e. The molecular formula is C14H13N3O6S. The van der Waals surface area contributed by atoms with Crippen LogP contribution in [0.5, 0.6) is 11.5 Å². The Labute approximate surface area is 135 Å². The van der Waals surface area contributed by atoms with Gasteiger partial charge in [0.1, 0.15) is 27.7 Å². The molecule has 126 valence electrons. The number of likely N-dealkylation sites (N-methyl/N-ethyl adjacent to an activating group) is 1. The summed E-state index contributed by atoms with van der Waals surface area (Å²) in [4.78, 5) is 18.4. The summed E-state index contributed by atoms with van der Waals surface area (Å²) in [5, 5.41) is 33.0. The predicted octanol–water partition coefficient (Wildman–Crippen LogP) is -1.09. The van der Waals surface area contributed by atoms with Gasteiger partial charge in [-0.25, -0.2) is 8.42 Å². The van der Waals surface area contributed by atoms with Crippen molar-refractivity contribution in [2.24, 2.45) is 9.98 Å². The average Bonchev–Trinajstić information content (AvgIpc) is 2.93. The zero-order valence-electron chi connectivity index (χ0n) is 12.4. The molecule has 0 spiro atoms. The van der Waals surface area contributed by atoms with Gasteiger partial charge >= 0.3 is 5.97 Å². The number of carboxylic acid groups (broad SMARTS) is 1. The van der Waals surface area contributed by atoms with Gasteiger partial charge in [0.15, 0.2) is 5.75 Å². The van der Waals surface area contributed by atoms with E-state index >= 15 is 0 Å². The van der Waals surface area contributed by atoms with Gasteiger partial charge in [-0.2, -0.15) is 0 Å². The zero-order valence-corrected chi connectivity index (χ0v) is 13.2. The molecule has 1 aromatic rings. The van der Waals surface area contributed by atoms with Crippen LogP contribution in [-0.2, 0) is 14.6 Å². The molecule has 9 nitrogen and oxygen atoms in total. The Morgan fingerprint density at radius 3 is 2.67 bits per heavy atom. The highest BCUT2D eigenvalue weighted by molar-refractivity contribution is 7.94. The Kier molecular flexibility index (Phi) is 3.65. The maximum Gasteiger partial charge on any atom is 0.321 e. The standard InChI is InChI=1S/C14H13N3O6S/c1-15-7(14(20)21)4-6-5-17-9-8(6)11(18)13-10(12(9)19)16-2-3-24(13,22)23/h2-3,5,7,15,18-19H,4H2,1H3,(H,20,21)/t7-/m0/s1. The Hall–Kier alpha value is -2.72. The second-order valence-corrected chi connectivity index (χ2v) is 7.00. The summed E-state index contributed by atoms with van der Waals surface area (Å²) in [6.07, 6.45) is 2.25. The summed E-state index contributed by atoms with van der Waals surface area (Å²) in [5.74, 6) is -2.19. The molecule has 2 heterocycles. The molecule has 0 aliphatic carbocycles. The van der Waals surface area contributed by atoms with Gasteiger partial charge in [0.05, 0.1) is 10.6 Å². The molecule has 0 fully saturated rings. The first-order valence-electron chi connectivity index (χ1n) is 6.82. The Morgan fingerprint density at radius 1 is 1.33 bits per heavy atom. The van der Waals surface area contributed by atoms with E-state index in [-0.39, 0.29) is 22.7 Å². The molecule has 0 unspecified atom stereocenters. The van der Waals surface area contributed by atoms with Crippen LogP contribution in [0.1, 0.15) is 6.42 Å². The predicted molar refractivity (Wildman–Crippen MR) is 83.5 cm³/mol. The molecule has 0 radical (unpaired) electrons. The summed E-state index contributed by atoms with van der Waals surface area (Å²) in [6.45, 7) is 0. The SMILES string of the molecule is CN[C@@H](CC1=c2c(O)c3c(c(O)c2N=C1)=NC=CS3(=O)=O)C(=O)O. The summed E-state index contributed by atoms with van der Waals surface area (Å²) in [6, 6.07) is -0.962. The minimum absolute atomic E-state index is 0.00169. The van der Waals surface area contributed by atoms with E-state index in [1.807, 2.05) is 0 Å². The van der Waals surface area contributed by atoms with E-state index in [1.54, 1.807) is 0 Å². The van der Waals surface area contributed by atoms with Crippen molar-refractivity contribution in [2.75, 3.05) is 7.05 Å². The number of rotatable bonds is 4. The van der Waals surface area contributed by atoms with Crippen LogP contribution in [0, 0.1) is 0 Å². The van der Waals surface area contributed by atoms with Crippen LogP contribution in [-0.4, -0.2) is 49.0 Å². The van der Waals surface area contributed by atoms with E-state index in [1.165, 1.54) is 13.3 Å². The van der Waals surface area contributed by atoms with E-state index in [0.717, 1.165) is 11.6 Å². The molecule has 0 bridgehead atoms. The minimum atomic E-state index is -3.98. The lowest BCUT2D eigenvalue weighted by atomic mass is 10.0. The van der Waals surface area contributed by atoms with Gasteiger partial charge in [0, 0.05) is 18.8 Å². The number of fused-ring (bicyclic) bond motifs is 2. The number of nitrogens with zero attached hydrogens (tertiary/aromatic N) is 2. The normalized spacial score (nSPS) is 18.0. The molecule has 0 saturated carbocycles. The number of sulfone groups is 1. The number of phenolic OH excluding ortho intramolecular Hbond substituents is 2. The quantitative estimate of drug-likeness (QED) is 0.503. The van der Waals surface area contributed by atoms with Crippen LogP contribution in [0.2, 0.25) is 0 Å². The lowest BCUT2D eigenvalue weighted by Crippen LogP contribution is -2.34. The fraction of sp³-hybridized carbons (Fsp3) is 0.214. The second-order valence-electron chi connectivity index (χ2n) is 5.22. The van der Waals surface area contributed by atoms with E-state index in [0.29, 0.717) is 5.57 Å². The number of hydrogen-bond acceptors (Lipinski definition) is 8. The number of aromatic hydroxyl groups is 2. The monoisotopic (exact) mass is 351 g/mol. The summed E-state index contributed by atoms with van der Waals surface area (Å²) >= 11 is 0. The van der Waals surface area contributed by atoms with Crippen molar-refractivity contribution in [3.63, 3.8) is 0 Å². The topological polar surface area (TPSA) is 149 Å². The van der Waals surface area contributed by atoms with Crippen LogP contribution < -0.4 is 15.9 Å². The third-order valence-corrected chi connectivity index (χ3v) is 5.26. The Balaban J connectivity index is 2.34. The van der Waals surface area contributed by atoms with Gasteiger partial charge in [0.25, 0.3) is 0 Å². The maximum absolute atomic E-state index is 12.2. The highest BCUT2D eigenvalue weighted by Crippen LogP contribution is 2.32. The molecule has 1 aromatic carbocycles. The lowest BCUT2D eigenvalue weighted by molar-refractivity contribution is -0.139. The number of phenols is 2. The number of aliphatic imine (C=N–C) groups is 1. The van der Waals surface area contributed by atoms with E-state index < -0.39 is 38.2 Å². The van der Waals surface area contributed by atoms with Crippen molar-refractivity contribution in [1.82, 2.24) is 5.32 Å². The molecule has 4 N–H and O–H groups in total. The molecule has 2 aliphatic rings. The maximum atomic E-state index is 12.2. The molecule has 10 heteroatoms. The minimum Gasteiger partial charge on any atom is -0.506 e. The number of nitrogens with one attached hydrogen (secondary N) is 1. The largest absolute Gasteiger partial charge is 0.506 e. The second kappa shape index (κ2) is 5.42. The van der Waals surface area contributed by atoms with Gasteiger partial charge in [-0.05, 0) is 12.6 Å². The van der Waals surface area contributed by atoms with Crippen LogP contribution in [0.15, 0.2) is 26.5 Å². The Bertz CT molecular complexity index is 1040. The van der Waals surface area contributed by atoms with Crippen LogP contribution in [0.25, 0.3) is 5.57 Å². The van der Waals surface area contributed by atoms with E-state index in [4.69, 9.17) is 5.11 Å². The number of hydrogen-bond donors (Lipinski definition) is 4. The van der Waals surface area contributed by atoms with Gasteiger partial charge in [-0.1, -0.05) is 0 Å². The molecular weight excluding hydrogens is 338 g/mol. The van der Waals surface area contributed by atoms with Crippen molar-refractivity contribution in [1.29, 1.82) is 0 Å². The van der Waals surface area contributed by atoms with Crippen LogP contribution in [0.3, 0.4) is 0 Å². The van der Waals surface area contributed by atoms with Crippen molar-refractivity contribution in [2.45, 2.75) is 17.4 Å². The van der Waals surface area contributed by atoms with Crippen LogP contribution in [0.4, 0.5) is 5.69 Å². The number of carboxylic acids is 1. The summed E-state index contributed by atoms with van der Waals surface area (Å²) < 4.78 is 24.3. The van der Waals surface area contributed by atoms with E-state index in [2.05, 4.69) is 15.3 Å². The molecule has 0 saturated heterocycles. The van der Waals surface area contributed by atoms with Crippen LogP contribution >= 0.6 is 0 Å². The molecule has 1 atom stereocenters. The zero-order chi connectivity index (χ0) is 17.6. The first-order chi connectivity index (χ1) is 11.3. The lowest BCUT2D eigenvalue weighted by Gasteiger charge is -2.12. The van der Waals surface area contributed by atoms with Gasteiger partial charge < -0.3 is 20.6 Å². The molecule has 24 heavy (non-hydrogen) atoms. The number of benzene rings is 1. The molecule has 0 aromatic heterocycles. The van der Waals surface area contributed by atoms with Crippen molar-refractivity contribution in [3.05, 3.63) is 22.2 Å².